The summed E-state index contributed by atoms with van der Waals surface area (Å²) in [5, 5.41) is 11.1. The molecule has 0 bridgehead atoms. The standard InChI is InChI=1S/C12H18N4O2/c1-7(2)18-9-6-4-5-8(13)10-11(14-9)16-12(15-10)17-3/h6-7,13-14H,4-5H2,1-3H3,(H,15,16). The molecule has 6 heteroatoms. The van der Waals surface area contributed by atoms with E-state index in [9.17, 15) is 0 Å². The summed E-state index contributed by atoms with van der Waals surface area (Å²) in [6, 6.07) is 0.392. The molecule has 0 saturated heterocycles. The van der Waals surface area contributed by atoms with Crippen molar-refractivity contribution in [2.24, 2.45) is 0 Å². The zero-order valence-electron chi connectivity index (χ0n) is 10.8. The lowest BCUT2D eigenvalue weighted by Gasteiger charge is -2.17. The van der Waals surface area contributed by atoms with Gasteiger partial charge in [0.05, 0.1) is 18.9 Å². The molecule has 1 aromatic rings. The van der Waals surface area contributed by atoms with Crippen LogP contribution in [-0.2, 0) is 4.74 Å². The van der Waals surface area contributed by atoms with Crippen molar-refractivity contribution in [3.05, 3.63) is 17.7 Å². The van der Waals surface area contributed by atoms with Gasteiger partial charge < -0.3 is 25.2 Å². The predicted molar refractivity (Wildman–Crippen MR) is 69.1 cm³/mol. The number of aromatic nitrogens is 2. The Morgan fingerprint density at radius 1 is 1.44 bits per heavy atom. The molecule has 0 fully saturated rings. The Morgan fingerprint density at radius 2 is 2.22 bits per heavy atom. The van der Waals surface area contributed by atoms with Gasteiger partial charge in [-0.3, -0.25) is 0 Å². The maximum absolute atomic E-state index is 7.97. The van der Waals surface area contributed by atoms with E-state index in [1.54, 1.807) is 0 Å². The monoisotopic (exact) mass is 250 g/mol. The lowest BCUT2D eigenvalue weighted by Crippen LogP contribution is -2.14. The van der Waals surface area contributed by atoms with Gasteiger partial charge in [0.2, 0.25) is 0 Å². The highest BCUT2D eigenvalue weighted by atomic mass is 16.5. The summed E-state index contributed by atoms with van der Waals surface area (Å²) < 4.78 is 10.7. The first-order valence-electron chi connectivity index (χ1n) is 5.95. The molecule has 6 nitrogen and oxygen atoms in total. The van der Waals surface area contributed by atoms with E-state index in [-0.39, 0.29) is 6.10 Å². The molecule has 0 radical (unpaired) electrons. The Kier molecular flexibility index (Phi) is 3.55. The largest absolute Gasteiger partial charge is 0.476 e. The van der Waals surface area contributed by atoms with Crippen molar-refractivity contribution in [3.63, 3.8) is 0 Å². The smallest absolute Gasteiger partial charge is 0.295 e. The van der Waals surface area contributed by atoms with E-state index in [0.29, 0.717) is 35.5 Å². The van der Waals surface area contributed by atoms with Gasteiger partial charge in [0.1, 0.15) is 5.69 Å². The van der Waals surface area contributed by atoms with E-state index in [4.69, 9.17) is 14.9 Å². The molecule has 2 heterocycles. The number of anilines is 1. The molecule has 0 saturated carbocycles. The first kappa shape index (κ1) is 12.5. The number of aromatic amines is 1. The molecular weight excluding hydrogens is 232 g/mol. The van der Waals surface area contributed by atoms with Gasteiger partial charge in [0.25, 0.3) is 6.01 Å². The van der Waals surface area contributed by atoms with E-state index in [2.05, 4.69) is 15.3 Å². The van der Waals surface area contributed by atoms with Crippen molar-refractivity contribution < 1.29 is 9.47 Å². The molecule has 0 amide bonds. The number of methoxy groups -OCH3 is 1. The summed E-state index contributed by atoms with van der Waals surface area (Å²) in [4.78, 5) is 7.20. The Bertz CT molecular complexity index is 476. The predicted octanol–water partition coefficient (Wildman–Crippen LogP) is 2.26. The number of hydrogen-bond acceptors (Lipinski definition) is 5. The second kappa shape index (κ2) is 5.12. The van der Waals surface area contributed by atoms with Gasteiger partial charge in [-0.25, -0.2) is 0 Å². The molecule has 18 heavy (non-hydrogen) atoms. The minimum atomic E-state index is 0.0897. The van der Waals surface area contributed by atoms with Crippen LogP contribution >= 0.6 is 0 Å². The number of rotatable bonds is 3. The first-order chi connectivity index (χ1) is 8.60. The topological polar surface area (TPSA) is 83.0 Å². The van der Waals surface area contributed by atoms with E-state index < -0.39 is 0 Å². The number of nitrogens with one attached hydrogen (secondary N) is 3. The van der Waals surface area contributed by atoms with Crippen LogP contribution in [0, 0.1) is 5.41 Å². The van der Waals surface area contributed by atoms with Crippen LogP contribution in [-0.4, -0.2) is 28.9 Å². The van der Waals surface area contributed by atoms with Crippen LogP contribution in [0.2, 0.25) is 0 Å². The SMILES string of the molecule is COc1nc2c([nH]1)C(=N)CCC=C(OC(C)C)N2. The van der Waals surface area contributed by atoms with Gasteiger partial charge in [0.15, 0.2) is 11.7 Å². The average molecular weight is 250 g/mol. The summed E-state index contributed by atoms with van der Waals surface area (Å²) >= 11 is 0. The van der Waals surface area contributed by atoms with Crippen molar-refractivity contribution in [1.82, 2.24) is 9.97 Å². The number of ether oxygens (including phenoxy) is 2. The van der Waals surface area contributed by atoms with Crippen LogP contribution in [0.5, 0.6) is 6.01 Å². The highest BCUT2D eigenvalue weighted by Gasteiger charge is 2.18. The number of H-pyrrole nitrogens is 1. The molecule has 0 atom stereocenters. The van der Waals surface area contributed by atoms with Crippen molar-refractivity contribution >= 4 is 11.5 Å². The van der Waals surface area contributed by atoms with E-state index in [0.717, 1.165) is 6.42 Å². The third-order valence-electron chi connectivity index (χ3n) is 2.51. The quantitative estimate of drug-likeness (QED) is 0.768. The summed E-state index contributed by atoms with van der Waals surface area (Å²) in [6.07, 6.45) is 3.44. The lowest BCUT2D eigenvalue weighted by molar-refractivity contribution is 0.151. The van der Waals surface area contributed by atoms with Gasteiger partial charge in [-0.05, 0) is 32.8 Å². The third kappa shape index (κ3) is 2.64. The van der Waals surface area contributed by atoms with E-state index in [1.807, 2.05) is 19.9 Å². The minimum absolute atomic E-state index is 0.0897. The van der Waals surface area contributed by atoms with Crippen molar-refractivity contribution in [2.45, 2.75) is 32.8 Å². The van der Waals surface area contributed by atoms with Crippen molar-refractivity contribution in [1.29, 1.82) is 5.41 Å². The highest BCUT2D eigenvalue weighted by molar-refractivity contribution is 6.01. The first-order valence-corrected chi connectivity index (χ1v) is 5.95. The number of fused-ring (bicyclic) bond motifs is 1. The molecule has 0 unspecified atom stereocenters. The van der Waals surface area contributed by atoms with E-state index in [1.165, 1.54) is 7.11 Å². The van der Waals surface area contributed by atoms with Crippen LogP contribution in [0.3, 0.4) is 0 Å². The van der Waals surface area contributed by atoms with Crippen LogP contribution in [0.4, 0.5) is 5.82 Å². The van der Waals surface area contributed by atoms with Crippen molar-refractivity contribution in [3.8, 4) is 6.01 Å². The normalized spacial score (nSPS) is 15.3. The van der Waals surface area contributed by atoms with Gasteiger partial charge >= 0.3 is 0 Å². The Balaban J connectivity index is 2.28. The van der Waals surface area contributed by atoms with Crippen LogP contribution in [0.25, 0.3) is 0 Å². The van der Waals surface area contributed by atoms with Crippen molar-refractivity contribution in [2.75, 3.05) is 12.4 Å². The highest BCUT2D eigenvalue weighted by Crippen LogP contribution is 2.23. The fraction of sp³-hybridized carbons (Fsp3) is 0.500. The van der Waals surface area contributed by atoms with Crippen LogP contribution in [0.15, 0.2) is 12.0 Å². The lowest BCUT2D eigenvalue weighted by atomic mass is 10.1. The van der Waals surface area contributed by atoms with Gasteiger partial charge in [-0.1, -0.05) is 0 Å². The molecule has 98 valence electrons. The summed E-state index contributed by atoms with van der Waals surface area (Å²) in [7, 11) is 1.54. The molecule has 1 aromatic heterocycles. The van der Waals surface area contributed by atoms with Crippen LogP contribution < -0.4 is 10.1 Å². The molecule has 3 N–H and O–H groups in total. The fourth-order valence-electron chi connectivity index (χ4n) is 1.73. The maximum Gasteiger partial charge on any atom is 0.295 e. The second-order valence-electron chi connectivity index (χ2n) is 4.35. The number of imidazole rings is 1. The average Bonchev–Trinajstić information content (AvgIpc) is 2.69. The second-order valence-corrected chi connectivity index (χ2v) is 4.35. The zero-order chi connectivity index (χ0) is 13.1. The van der Waals surface area contributed by atoms with Gasteiger partial charge in [0, 0.05) is 0 Å². The Morgan fingerprint density at radius 3 is 2.89 bits per heavy atom. The molecule has 1 aliphatic rings. The molecular formula is C12H18N4O2. The summed E-state index contributed by atoms with van der Waals surface area (Å²) in [5.74, 6) is 1.25. The van der Waals surface area contributed by atoms with Crippen LogP contribution in [0.1, 0.15) is 32.4 Å². The molecule has 0 aliphatic carbocycles. The fourth-order valence-corrected chi connectivity index (χ4v) is 1.73. The Labute approximate surface area is 106 Å². The van der Waals surface area contributed by atoms with Gasteiger partial charge in [-0.2, -0.15) is 4.98 Å². The van der Waals surface area contributed by atoms with E-state index >= 15 is 0 Å². The number of hydrogen-bond donors (Lipinski definition) is 3. The Hall–Kier alpha value is -1.98. The maximum atomic E-state index is 7.97. The molecule has 0 aromatic carbocycles. The summed E-state index contributed by atoms with van der Waals surface area (Å²) in [5.41, 5.74) is 1.16. The van der Waals surface area contributed by atoms with Gasteiger partial charge in [-0.15, -0.1) is 0 Å². The molecule has 2 rings (SSSR count). The minimum Gasteiger partial charge on any atom is -0.476 e. The number of nitrogens with zero attached hydrogens (tertiary/aromatic N) is 1. The summed E-state index contributed by atoms with van der Waals surface area (Å²) in [6.45, 7) is 3.94. The number of allylic oxidation sites excluding steroid dienone is 1. The molecule has 1 aliphatic heterocycles. The third-order valence-corrected chi connectivity index (χ3v) is 2.51. The molecule has 0 spiro atoms. The zero-order valence-corrected chi connectivity index (χ0v) is 10.8.